The molecule has 2 unspecified atom stereocenters. The molecule has 2 fully saturated rings. The van der Waals surface area contributed by atoms with E-state index in [0.717, 1.165) is 25.7 Å². The molecule has 0 aromatic heterocycles. The normalized spacial score (nSPS) is 25.0. The average molecular weight is 377 g/mol. The van der Waals surface area contributed by atoms with E-state index in [4.69, 9.17) is 4.74 Å². The summed E-state index contributed by atoms with van der Waals surface area (Å²) in [5.74, 6) is -0.498. The summed E-state index contributed by atoms with van der Waals surface area (Å²) in [4.78, 5) is 26.7. The second-order valence-corrected chi connectivity index (χ2v) is 7.47. The minimum atomic E-state index is -0.518. The Kier molecular flexibility index (Phi) is 5.87. The number of amides is 2. The molecule has 1 N–H and O–H groups in total. The van der Waals surface area contributed by atoms with E-state index < -0.39 is 12.2 Å². The molecular weight excluding hydrogens is 349 g/mol. The summed E-state index contributed by atoms with van der Waals surface area (Å²) in [6, 6.07) is 5.62. The van der Waals surface area contributed by atoms with E-state index in [9.17, 15) is 14.0 Å². The Labute approximate surface area is 159 Å². The number of carbonyl (C=O) groups excluding carboxylic acids is 2. The van der Waals surface area contributed by atoms with E-state index in [0.29, 0.717) is 23.5 Å². The number of hydrogen-bond donors (Lipinski definition) is 1. The van der Waals surface area contributed by atoms with Gasteiger partial charge in [0, 0.05) is 19.0 Å². The fourth-order valence-corrected chi connectivity index (χ4v) is 4.09. The zero-order valence-electron chi connectivity index (χ0n) is 16.2. The van der Waals surface area contributed by atoms with Crippen molar-refractivity contribution in [2.75, 3.05) is 22.9 Å². The van der Waals surface area contributed by atoms with Gasteiger partial charge >= 0.3 is 6.09 Å². The fourth-order valence-electron chi connectivity index (χ4n) is 4.09. The standard InChI is InChI=1S/C20H28FN3O3/c1-4-5-15-7-6-13(2)24(15)19-9-8-16(10-18(19)21)23-12-17(27-20(23)26)11-22-14(3)25/h8-10,13,15,17H,4-7,11-12H2,1-3H3,(H,22,25)/t13?,15?,17-/m0/s1. The van der Waals surface area contributed by atoms with Gasteiger partial charge in [0.25, 0.3) is 0 Å². The van der Waals surface area contributed by atoms with Crippen LogP contribution in [0.2, 0.25) is 0 Å². The van der Waals surface area contributed by atoms with Crippen LogP contribution in [0.5, 0.6) is 0 Å². The number of benzene rings is 1. The van der Waals surface area contributed by atoms with Crippen LogP contribution in [0.4, 0.5) is 20.6 Å². The molecule has 6 nitrogen and oxygen atoms in total. The lowest BCUT2D eigenvalue weighted by atomic mass is 10.1. The van der Waals surface area contributed by atoms with Gasteiger partial charge in [0.05, 0.1) is 24.5 Å². The van der Waals surface area contributed by atoms with Gasteiger partial charge in [-0.2, -0.15) is 0 Å². The van der Waals surface area contributed by atoms with Gasteiger partial charge in [-0.15, -0.1) is 0 Å². The number of carbonyl (C=O) groups is 2. The quantitative estimate of drug-likeness (QED) is 0.825. The zero-order valence-corrected chi connectivity index (χ0v) is 16.2. The molecule has 2 aliphatic rings. The number of cyclic esters (lactones) is 1. The van der Waals surface area contributed by atoms with E-state index in [-0.39, 0.29) is 24.8 Å². The van der Waals surface area contributed by atoms with Crippen molar-refractivity contribution < 1.29 is 18.7 Å². The number of rotatable bonds is 6. The Hall–Kier alpha value is -2.31. The van der Waals surface area contributed by atoms with Crippen molar-refractivity contribution in [2.24, 2.45) is 0 Å². The molecule has 7 heteroatoms. The third-order valence-electron chi connectivity index (χ3n) is 5.38. The van der Waals surface area contributed by atoms with E-state index in [2.05, 4.69) is 24.1 Å². The van der Waals surface area contributed by atoms with Crippen LogP contribution in [0.3, 0.4) is 0 Å². The Morgan fingerprint density at radius 2 is 2.15 bits per heavy atom. The van der Waals surface area contributed by atoms with E-state index in [1.807, 2.05) is 0 Å². The minimum Gasteiger partial charge on any atom is -0.442 e. The molecule has 0 aliphatic carbocycles. The largest absolute Gasteiger partial charge is 0.442 e. The van der Waals surface area contributed by atoms with Gasteiger partial charge < -0.3 is 15.0 Å². The molecule has 2 saturated heterocycles. The maximum absolute atomic E-state index is 14.9. The van der Waals surface area contributed by atoms with Gasteiger partial charge in [-0.3, -0.25) is 9.69 Å². The predicted molar refractivity (Wildman–Crippen MR) is 103 cm³/mol. The highest BCUT2D eigenvalue weighted by Crippen LogP contribution is 2.36. The summed E-state index contributed by atoms with van der Waals surface area (Å²) < 4.78 is 20.2. The van der Waals surface area contributed by atoms with Crippen molar-refractivity contribution in [1.82, 2.24) is 5.32 Å². The lowest BCUT2D eigenvalue weighted by Crippen LogP contribution is -2.35. The lowest BCUT2D eigenvalue weighted by Gasteiger charge is -2.31. The highest BCUT2D eigenvalue weighted by atomic mass is 19.1. The molecule has 2 amide bonds. The summed E-state index contributed by atoms with van der Waals surface area (Å²) >= 11 is 0. The number of ether oxygens (including phenoxy) is 1. The Morgan fingerprint density at radius 1 is 1.37 bits per heavy atom. The van der Waals surface area contributed by atoms with Crippen molar-refractivity contribution >= 4 is 23.4 Å². The van der Waals surface area contributed by atoms with E-state index in [1.165, 1.54) is 17.9 Å². The first-order valence-corrected chi connectivity index (χ1v) is 9.71. The number of nitrogens with zero attached hydrogens (tertiary/aromatic N) is 2. The molecule has 0 saturated carbocycles. The van der Waals surface area contributed by atoms with Crippen LogP contribution in [0.15, 0.2) is 18.2 Å². The van der Waals surface area contributed by atoms with Crippen molar-refractivity contribution in [3.05, 3.63) is 24.0 Å². The third-order valence-corrected chi connectivity index (χ3v) is 5.38. The second-order valence-electron chi connectivity index (χ2n) is 7.47. The van der Waals surface area contributed by atoms with Gasteiger partial charge in [-0.1, -0.05) is 13.3 Å². The van der Waals surface area contributed by atoms with Gasteiger partial charge in [0.2, 0.25) is 5.91 Å². The van der Waals surface area contributed by atoms with Crippen molar-refractivity contribution in [2.45, 2.75) is 64.6 Å². The van der Waals surface area contributed by atoms with Crippen LogP contribution >= 0.6 is 0 Å². The highest BCUT2D eigenvalue weighted by Gasteiger charge is 2.34. The van der Waals surface area contributed by atoms with Gasteiger partial charge in [0.15, 0.2) is 0 Å². The first-order chi connectivity index (χ1) is 12.9. The molecule has 1 aromatic carbocycles. The van der Waals surface area contributed by atoms with Crippen LogP contribution in [0.1, 0.15) is 46.5 Å². The molecule has 0 spiro atoms. The molecule has 0 bridgehead atoms. The first kappa shape index (κ1) is 19.5. The Balaban J connectivity index is 1.75. The average Bonchev–Trinajstić information content (AvgIpc) is 3.16. The van der Waals surface area contributed by atoms with Crippen LogP contribution in [-0.4, -0.2) is 43.3 Å². The van der Waals surface area contributed by atoms with Gasteiger partial charge in [-0.05, 0) is 44.4 Å². The van der Waals surface area contributed by atoms with E-state index in [1.54, 1.807) is 12.1 Å². The summed E-state index contributed by atoms with van der Waals surface area (Å²) in [5.41, 5.74) is 1.08. The fraction of sp³-hybridized carbons (Fsp3) is 0.600. The molecule has 2 aliphatic heterocycles. The molecule has 3 rings (SSSR count). The number of hydrogen-bond acceptors (Lipinski definition) is 4. The molecule has 0 radical (unpaired) electrons. The van der Waals surface area contributed by atoms with Crippen molar-refractivity contribution in [3.63, 3.8) is 0 Å². The topological polar surface area (TPSA) is 61.9 Å². The Bertz CT molecular complexity index is 710. The number of nitrogens with one attached hydrogen (secondary N) is 1. The molecule has 1 aromatic rings. The van der Waals surface area contributed by atoms with Gasteiger partial charge in [0.1, 0.15) is 11.9 Å². The third kappa shape index (κ3) is 4.17. The van der Waals surface area contributed by atoms with Crippen LogP contribution in [0.25, 0.3) is 0 Å². The second kappa shape index (κ2) is 8.15. The smallest absolute Gasteiger partial charge is 0.414 e. The monoisotopic (exact) mass is 377 g/mol. The van der Waals surface area contributed by atoms with E-state index >= 15 is 0 Å². The van der Waals surface area contributed by atoms with Crippen LogP contribution in [-0.2, 0) is 9.53 Å². The lowest BCUT2D eigenvalue weighted by molar-refractivity contribution is -0.119. The van der Waals surface area contributed by atoms with Gasteiger partial charge in [-0.25, -0.2) is 9.18 Å². The summed E-state index contributed by atoms with van der Waals surface area (Å²) in [6.45, 7) is 6.23. The summed E-state index contributed by atoms with van der Waals surface area (Å²) in [7, 11) is 0. The molecular formula is C20H28FN3O3. The molecule has 2 heterocycles. The number of halogens is 1. The van der Waals surface area contributed by atoms with Crippen LogP contribution < -0.4 is 15.1 Å². The molecule has 148 valence electrons. The van der Waals surface area contributed by atoms with Crippen LogP contribution in [0, 0.1) is 5.82 Å². The minimum absolute atomic E-state index is 0.179. The van der Waals surface area contributed by atoms with Crippen molar-refractivity contribution in [3.8, 4) is 0 Å². The highest BCUT2D eigenvalue weighted by molar-refractivity contribution is 5.90. The van der Waals surface area contributed by atoms with Crippen molar-refractivity contribution in [1.29, 1.82) is 0 Å². The molecule has 27 heavy (non-hydrogen) atoms. The SMILES string of the molecule is CCCC1CCC(C)N1c1ccc(N2C[C@H](CNC(C)=O)OC2=O)cc1F. The first-order valence-electron chi connectivity index (χ1n) is 9.71. The zero-order chi connectivity index (χ0) is 19.6. The predicted octanol–water partition coefficient (Wildman–Crippen LogP) is 3.44. The Morgan fingerprint density at radius 3 is 2.81 bits per heavy atom. The maximum atomic E-state index is 14.9. The molecule has 3 atom stereocenters. The maximum Gasteiger partial charge on any atom is 0.414 e. The summed E-state index contributed by atoms with van der Waals surface area (Å²) in [6.07, 6.45) is 3.32. The summed E-state index contributed by atoms with van der Waals surface area (Å²) in [5, 5.41) is 2.64. The number of anilines is 2.